The number of benzene rings is 2. The summed E-state index contributed by atoms with van der Waals surface area (Å²) in [5.74, 6) is -1.51. The van der Waals surface area contributed by atoms with E-state index in [-0.39, 0.29) is 34.6 Å². The quantitative estimate of drug-likeness (QED) is 0.0986. The summed E-state index contributed by atoms with van der Waals surface area (Å²) in [4.78, 5) is 29.1. The fourth-order valence-electron chi connectivity index (χ4n) is 3.60. The molecule has 0 fully saturated rings. The minimum atomic E-state index is -4.29. The number of halogens is 1. The van der Waals surface area contributed by atoms with Crippen molar-refractivity contribution in [3.8, 4) is 0 Å². The Morgan fingerprint density at radius 3 is 2.63 bits per heavy atom. The van der Waals surface area contributed by atoms with Gasteiger partial charge in [0.05, 0.1) is 27.3 Å². The zero-order chi connectivity index (χ0) is 27.9. The number of para-hydroxylation sites is 1. The first kappa shape index (κ1) is 29.3. The van der Waals surface area contributed by atoms with Gasteiger partial charge < -0.3 is 14.8 Å². The van der Waals surface area contributed by atoms with E-state index in [1.165, 1.54) is 12.1 Å². The van der Waals surface area contributed by atoms with E-state index in [1.54, 1.807) is 18.9 Å². The van der Waals surface area contributed by atoms with Crippen LogP contribution >= 0.6 is 11.6 Å². The molecule has 0 saturated heterocycles. The Morgan fingerprint density at radius 2 is 1.92 bits per heavy atom. The van der Waals surface area contributed by atoms with Crippen LogP contribution in [0.15, 0.2) is 57.9 Å². The number of rotatable bonds is 12. The Kier molecular flexibility index (Phi) is 9.62. The van der Waals surface area contributed by atoms with Crippen LogP contribution in [0.4, 0.5) is 5.69 Å². The molecule has 1 atom stereocenters. The first-order valence-electron chi connectivity index (χ1n) is 11.7. The summed E-state index contributed by atoms with van der Waals surface area (Å²) in [5.41, 5.74) is 4.82. The summed E-state index contributed by atoms with van der Waals surface area (Å²) in [6, 6.07) is 11.5. The van der Waals surface area contributed by atoms with Gasteiger partial charge in [0.25, 0.3) is 12.7 Å². The lowest BCUT2D eigenvalue weighted by Gasteiger charge is -2.30. The molecule has 0 aliphatic carbocycles. The number of hydrogen-bond acceptors (Lipinski definition) is 10. The number of ether oxygens (including phenoxy) is 1. The normalized spacial score (nSPS) is 15.4. The number of nitrogens with one attached hydrogen (secondary N) is 2. The summed E-state index contributed by atoms with van der Waals surface area (Å²) in [6.45, 7) is 4.08. The summed E-state index contributed by atoms with van der Waals surface area (Å²) in [6.07, 6.45) is 0.751. The van der Waals surface area contributed by atoms with Crippen LogP contribution in [0, 0.1) is 5.21 Å². The van der Waals surface area contributed by atoms with Crippen molar-refractivity contribution in [3.63, 3.8) is 0 Å². The minimum absolute atomic E-state index is 0.00481. The van der Waals surface area contributed by atoms with E-state index in [2.05, 4.69) is 25.5 Å². The zero-order valence-electron chi connectivity index (χ0n) is 21.1. The molecule has 2 N–H and O–H groups in total. The molecule has 0 aromatic heterocycles. The number of hydrazine groups is 1. The molecule has 15 heteroatoms. The molecule has 0 radical (unpaired) electrons. The average Bonchev–Trinajstić information content (AvgIpc) is 3.21. The Morgan fingerprint density at radius 1 is 1.21 bits per heavy atom. The molecule has 2 aromatic rings. The molecule has 3 rings (SSSR count). The van der Waals surface area contributed by atoms with Gasteiger partial charge >= 0.3 is 5.97 Å². The van der Waals surface area contributed by atoms with Gasteiger partial charge in [-0.1, -0.05) is 29.8 Å². The van der Waals surface area contributed by atoms with Crippen molar-refractivity contribution in [2.45, 2.75) is 38.1 Å². The maximum absolute atomic E-state index is 12.9. The second kappa shape index (κ2) is 12.5. The van der Waals surface area contributed by atoms with E-state index in [4.69, 9.17) is 16.3 Å². The summed E-state index contributed by atoms with van der Waals surface area (Å²) >= 11 is 6.09. The topological polar surface area (TPSA) is 162 Å². The molecule has 0 spiro atoms. The third-order valence-electron chi connectivity index (χ3n) is 5.84. The van der Waals surface area contributed by atoms with Crippen LogP contribution in [0.1, 0.15) is 36.7 Å². The lowest BCUT2D eigenvalue weighted by Crippen LogP contribution is -2.45. The van der Waals surface area contributed by atoms with Crippen LogP contribution in [0.25, 0.3) is 0 Å². The number of fused-ring (bicyclic) bond motifs is 1. The molecule has 2 aromatic carbocycles. The molecule has 1 heterocycles. The van der Waals surface area contributed by atoms with E-state index in [9.17, 15) is 23.2 Å². The fraction of sp³-hybridized carbons (Fsp3) is 0.391. The fourth-order valence-corrected chi connectivity index (χ4v) is 5.09. The van der Waals surface area contributed by atoms with E-state index in [1.807, 2.05) is 31.2 Å². The highest BCUT2D eigenvalue weighted by Gasteiger charge is 2.28. The lowest BCUT2D eigenvalue weighted by molar-refractivity contribution is -0.890. The van der Waals surface area contributed by atoms with Gasteiger partial charge in [0.15, 0.2) is 0 Å². The molecular weight excluding hydrogens is 540 g/mol. The standard InChI is InChI=1S/C23H29ClN6O7S/c1-4-30(33,5-2)27-28-37-15-36-22(31)14-25-38(34,35)21-13-18(10-11-19(21)24)23(32)26-29-16(3)12-17-8-6-7-9-20(17)29/h6-11,13,16,25H,4-5,12,14-15H2,1-3H3,(H,26,32)/b28-27-. The van der Waals surface area contributed by atoms with E-state index < -0.39 is 40.0 Å². The molecule has 0 saturated carbocycles. The number of sulfonamides is 1. The molecule has 206 valence electrons. The van der Waals surface area contributed by atoms with E-state index >= 15 is 0 Å². The largest absolute Gasteiger partial charge is 0.603 e. The maximum atomic E-state index is 12.9. The van der Waals surface area contributed by atoms with Gasteiger partial charge in [-0.3, -0.25) is 20.0 Å². The predicted molar refractivity (Wildman–Crippen MR) is 138 cm³/mol. The number of esters is 1. The number of nitrogens with zero attached hydrogens (tertiary/aromatic N) is 4. The van der Waals surface area contributed by atoms with Gasteiger partial charge in [-0.15, -0.1) is 0 Å². The molecule has 0 bridgehead atoms. The van der Waals surface area contributed by atoms with Crippen molar-refractivity contribution in [1.82, 2.24) is 10.1 Å². The SMILES string of the molecule is CC[N+]([O-])(CC)/N=N\OCOC(=O)CNS(=O)(=O)c1cc(C(=O)NN2c3ccccc3CC2C)ccc1Cl. The van der Waals surface area contributed by atoms with Crippen LogP contribution in [0.5, 0.6) is 0 Å². The van der Waals surface area contributed by atoms with Crippen molar-refractivity contribution in [2.24, 2.45) is 10.5 Å². The maximum Gasteiger partial charge on any atom is 0.323 e. The Labute approximate surface area is 225 Å². The second-order valence-electron chi connectivity index (χ2n) is 8.38. The molecule has 1 unspecified atom stereocenters. The summed E-state index contributed by atoms with van der Waals surface area (Å²) in [5, 5.41) is 20.1. The number of carbonyl (C=O) groups is 2. The summed E-state index contributed by atoms with van der Waals surface area (Å²) in [7, 11) is -4.29. The van der Waals surface area contributed by atoms with E-state index in [0.29, 0.717) is 0 Å². The highest BCUT2D eigenvalue weighted by molar-refractivity contribution is 7.89. The zero-order valence-corrected chi connectivity index (χ0v) is 22.7. The van der Waals surface area contributed by atoms with Gasteiger partial charge in [-0.2, -0.15) is 4.72 Å². The third kappa shape index (κ3) is 7.17. The van der Waals surface area contributed by atoms with Gasteiger partial charge in [-0.25, -0.2) is 13.2 Å². The van der Waals surface area contributed by atoms with E-state index in [0.717, 1.165) is 23.7 Å². The summed E-state index contributed by atoms with van der Waals surface area (Å²) < 4.78 is 31.4. The number of hydrogen-bond donors (Lipinski definition) is 2. The van der Waals surface area contributed by atoms with Crippen molar-refractivity contribution >= 4 is 39.2 Å². The average molecular weight is 569 g/mol. The number of anilines is 1. The van der Waals surface area contributed by atoms with Crippen LogP contribution in [-0.4, -0.2) is 57.5 Å². The number of quaternary nitrogens is 1. The molecule has 1 amide bonds. The highest BCUT2D eigenvalue weighted by atomic mass is 35.5. The number of carbonyl (C=O) groups excluding carboxylic acids is 2. The Bertz CT molecular complexity index is 1300. The van der Waals surface area contributed by atoms with Crippen molar-refractivity contribution in [3.05, 3.63) is 63.8 Å². The lowest BCUT2D eigenvalue weighted by atomic mass is 10.1. The smallest absolute Gasteiger partial charge is 0.323 e. The minimum Gasteiger partial charge on any atom is -0.603 e. The molecule has 1 aliphatic heterocycles. The van der Waals surface area contributed by atoms with Crippen LogP contribution in [0.2, 0.25) is 5.02 Å². The van der Waals surface area contributed by atoms with Crippen LogP contribution in [0.3, 0.4) is 0 Å². The van der Waals surface area contributed by atoms with Crippen molar-refractivity contribution < 1.29 is 32.3 Å². The Balaban J connectivity index is 1.59. The molecule has 13 nitrogen and oxygen atoms in total. The first-order valence-corrected chi connectivity index (χ1v) is 13.6. The third-order valence-corrected chi connectivity index (χ3v) is 7.72. The van der Waals surface area contributed by atoms with Gasteiger partial charge in [-0.05, 0) is 57.0 Å². The van der Waals surface area contributed by atoms with Gasteiger partial charge in [0, 0.05) is 5.56 Å². The molecule has 38 heavy (non-hydrogen) atoms. The Hall–Kier alpha value is -3.30. The van der Waals surface area contributed by atoms with Crippen LogP contribution < -0.4 is 15.2 Å². The van der Waals surface area contributed by atoms with Gasteiger partial charge in [0.2, 0.25) is 10.0 Å². The number of hydroxylamine groups is 2. The number of amides is 1. The molecular formula is C23H29ClN6O7S. The highest BCUT2D eigenvalue weighted by Crippen LogP contribution is 2.30. The van der Waals surface area contributed by atoms with Crippen LogP contribution in [-0.2, 0) is 30.8 Å². The first-order chi connectivity index (χ1) is 18.0. The predicted octanol–water partition coefficient (Wildman–Crippen LogP) is 2.87. The van der Waals surface area contributed by atoms with Crippen molar-refractivity contribution in [2.75, 3.05) is 31.4 Å². The monoisotopic (exact) mass is 568 g/mol. The van der Waals surface area contributed by atoms with Gasteiger partial charge in [0.1, 0.15) is 24.5 Å². The molecule has 1 aliphatic rings. The second-order valence-corrected chi connectivity index (χ2v) is 10.5. The van der Waals surface area contributed by atoms with Crippen molar-refractivity contribution in [1.29, 1.82) is 0 Å².